The zero-order valence-electron chi connectivity index (χ0n) is 50.2. The summed E-state index contributed by atoms with van der Waals surface area (Å²) in [4.78, 5) is 148. The molecule has 19 heteroatoms. The van der Waals surface area contributed by atoms with Crippen molar-refractivity contribution in [3.8, 4) is 5.75 Å². The largest absolute Gasteiger partial charge is 0.508 e. The smallest absolute Gasteiger partial charge is 0.417 e. The van der Waals surface area contributed by atoms with E-state index in [0.29, 0.717) is 60.9 Å². The maximum absolute atomic E-state index is 14.0. The summed E-state index contributed by atoms with van der Waals surface area (Å²) in [5.74, 6) is -6.32. The average Bonchev–Trinajstić information content (AvgIpc) is 1.32. The Hall–Kier alpha value is -7.05. The molecule has 3 saturated carbocycles. The highest BCUT2D eigenvalue weighted by atomic mass is 16.6. The lowest BCUT2D eigenvalue weighted by molar-refractivity contribution is -0.142. The van der Waals surface area contributed by atoms with Crippen LogP contribution < -0.4 is 16.0 Å². The summed E-state index contributed by atoms with van der Waals surface area (Å²) in [7, 11) is 0. The Morgan fingerprint density at radius 2 is 1.42 bits per heavy atom. The van der Waals surface area contributed by atoms with E-state index in [0.717, 1.165) is 32.1 Å². The van der Waals surface area contributed by atoms with Crippen molar-refractivity contribution in [1.29, 1.82) is 0 Å². The lowest BCUT2D eigenvalue weighted by atomic mass is 9.47. The molecule has 2 aliphatic heterocycles. The van der Waals surface area contributed by atoms with Gasteiger partial charge in [0, 0.05) is 74.1 Å². The minimum Gasteiger partial charge on any atom is -0.508 e. The van der Waals surface area contributed by atoms with Crippen LogP contribution in [0.25, 0.3) is 0 Å². The van der Waals surface area contributed by atoms with Crippen LogP contribution in [0.5, 0.6) is 5.75 Å². The highest BCUT2D eigenvalue weighted by Gasteiger charge is 2.62. The molecule has 0 aromatic heterocycles. The molecule has 0 radical (unpaired) electrons. The number of hydrogen-bond donors (Lipinski definition) is 5. The molecule has 4 fully saturated rings. The van der Waals surface area contributed by atoms with Crippen molar-refractivity contribution in [2.24, 2.45) is 57.7 Å². The Labute approximate surface area is 493 Å². The number of aromatic hydroxyl groups is 1. The van der Waals surface area contributed by atoms with Gasteiger partial charge in [0.1, 0.15) is 18.1 Å². The first-order chi connectivity index (χ1) is 39.6. The number of nitrogens with zero attached hydrogens (tertiary/aromatic N) is 2. The Morgan fingerprint density at radius 3 is 2.06 bits per heavy atom. The van der Waals surface area contributed by atoms with Crippen LogP contribution in [0.1, 0.15) is 169 Å². The van der Waals surface area contributed by atoms with E-state index >= 15 is 0 Å². The van der Waals surface area contributed by atoms with Gasteiger partial charge in [-0.15, -0.1) is 0 Å². The number of likely N-dealkylation sites (tertiary alicyclic amines) is 1. The number of phenols is 1. The van der Waals surface area contributed by atoms with E-state index in [2.05, 4.69) is 50.6 Å². The molecule has 5 N–H and O–H groups in total. The predicted molar refractivity (Wildman–Crippen MR) is 311 cm³/mol. The van der Waals surface area contributed by atoms with Gasteiger partial charge in [-0.3, -0.25) is 52.8 Å². The van der Waals surface area contributed by atoms with Gasteiger partial charge in [0.25, 0.3) is 5.91 Å². The van der Waals surface area contributed by atoms with E-state index in [1.165, 1.54) is 34.9 Å². The summed E-state index contributed by atoms with van der Waals surface area (Å²) in [6.07, 6.45) is 9.03. The minimum atomic E-state index is -1.34. The normalized spacial score (nSPS) is 25.2. The summed E-state index contributed by atoms with van der Waals surface area (Å²) >= 11 is 0. The highest BCUT2D eigenvalue weighted by molar-refractivity contribution is 6.02. The van der Waals surface area contributed by atoms with Crippen LogP contribution in [0, 0.1) is 57.7 Å². The van der Waals surface area contributed by atoms with Crippen LogP contribution >= 0.6 is 0 Å². The second kappa shape index (κ2) is 27.3. The van der Waals surface area contributed by atoms with Gasteiger partial charge < -0.3 is 30.9 Å². The number of aliphatic carboxylic acids is 1. The molecule has 0 unspecified atom stereocenters. The van der Waals surface area contributed by atoms with Crippen LogP contribution in [0.3, 0.4) is 0 Å². The Morgan fingerprint density at radius 1 is 0.750 bits per heavy atom. The molecule has 0 bridgehead atoms. The quantitative estimate of drug-likeness (QED) is 0.0435. The van der Waals surface area contributed by atoms with Crippen LogP contribution in [0.15, 0.2) is 60.7 Å². The number of carbonyl (C=O) groups excluding carboxylic acids is 10. The van der Waals surface area contributed by atoms with E-state index < -0.39 is 101 Å². The number of anilines is 1. The summed E-state index contributed by atoms with van der Waals surface area (Å²) in [6.45, 7) is 15.8. The van der Waals surface area contributed by atoms with Crippen LogP contribution in [0.2, 0.25) is 0 Å². The van der Waals surface area contributed by atoms with Crippen molar-refractivity contribution in [1.82, 2.24) is 20.4 Å². The summed E-state index contributed by atoms with van der Waals surface area (Å²) in [6, 6.07) is 9.81. The number of ether oxygens (including phenoxy) is 1. The van der Waals surface area contributed by atoms with Gasteiger partial charge in [0.15, 0.2) is 11.6 Å². The number of carboxylic acids is 1. The third kappa shape index (κ3) is 15.6. The van der Waals surface area contributed by atoms with Gasteiger partial charge in [-0.05, 0) is 135 Å². The standard InChI is InChI=1S/C65H87N5O14/c1-38(2)46(35-52(73)50(32-40-15-19-44(71)20-16-40)68-55(75)12-10-9-11-31-69-56(76)25-26-57(69)77)61(82)66-39(3)51(72)33-42(34-59(79)80)60(81)67-43-17-13-41(14-18-43)37-84-62(83)70-54-24-21-45-47-22-23-49(53(74)36-63(4,5)6)64(47,7)29-27-48(45)65(54,8)30-28-58(70)78/h13-20,28,30,38-39,42,45-50,54,71H,9-12,21-27,29,31-37H2,1-8H3,(H,66,82)(H,67,81)(H,68,75)(H,79,80)/t39-,42-,45-,46-,47-,48-,49+,50-,54+,64-,65+/m0/s1. The minimum absolute atomic E-state index is 0.0107. The van der Waals surface area contributed by atoms with Crippen LogP contribution in [0.4, 0.5) is 10.5 Å². The first-order valence-electron chi connectivity index (χ1n) is 30.2. The van der Waals surface area contributed by atoms with E-state index in [9.17, 15) is 63.0 Å². The number of nitrogens with one attached hydrogen (secondary N) is 3. The molecule has 2 aromatic rings. The van der Waals surface area contributed by atoms with Crippen LogP contribution in [-0.2, 0) is 65.7 Å². The Kier molecular flexibility index (Phi) is 21.0. The van der Waals surface area contributed by atoms with E-state index in [1.54, 1.807) is 50.2 Å². The number of hydrogen-bond acceptors (Lipinski definition) is 13. The molecule has 456 valence electrons. The predicted octanol–water partition coefficient (Wildman–Crippen LogP) is 8.82. The van der Waals surface area contributed by atoms with E-state index in [1.807, 2.05) is 6.08 Å². The molecular formula is C65H87N5O14. The van der Waals surface area contributed by atoms with Crippen molar-refractivity contribution >= 4 is 70.5 Å². The molecule has 1 saturated heterocycles. The zero-order valence-corrected chi connectivity index (χ0v) is 50.2. The van der Waals surface area contributed by atoms with Crippen molar-refractivity contribution < 1.29 is 67.7 Å². The number of fused-ring (bicyclic) bond motifs is 5. The number of carbonyl (C=O) groups is 11. The molecule has 0 spiro atoms. The molecule has 7 rings (SSSR count). The van der Waals surface area contributed by atoms with Gasteiger partial charge in [-0.2, -0.15) is 0 Å². The molecule has 5 aliphatic rings. The molecule has 3 aliphatic carbocycles. The molecule has 2 aromatic carbocycles. The first kappa shape index (κ1) is 64.5. The maximum Gasteiger partial charge on any atom is 0.417 e. The molecule has 84 heavy (non-hydrogen) atoms. The number of rotatable bonds is 26. The Bertz CT molecular complexity index is 2840. The number of unbranched alkanes of at least 4 members (excludes halogenated alkanes) is 2. The third-order valence-electron chi connectivity index (χ3n) is 18.9. The number of carboxylic acid groups (broad SMARTS) is 1. The van der Waals surface area contributed by atoms with Crippen molar-refractivity contribution in [3.05, 3.63) is 71.8 Å². The lowest BCUT2D eigenvalue weighted by Gasteiger charge is -2.60. The van der Waals surface area contributed by atoms with Crippen molar-refractivity contribution in [3.63, 3.8) is 0 Å². The third-order valence-corrected chi connectivity index (χ3v) is 18.9. The molecule has 11 atom stereocenters. The summed E-state index contributed by atoms with van der Waals surface area (Å²) in [5.41, 5.74) is 0.860. The van der Waals surface area contributed by atoms with Crippen molar-refractivity contribution in [2.75, 3.05) is 11.9 Å². The van der Waals surface area contributed by atoms with Gasteiger partial charge >= 0.3 is 12.1 Å². The average molecular weight is 1160 g/mol. The van der Waals surface area contributed by atoms with E-state index in [4.69, 9.17) is 4.74 Å². The van der Waals surface area contributed by atoms with Gasteiger partial charge in [-0.1, -0.05) is 85.2 Å². The number of ketones is 3. The SMILES string of the molecule is CC(C)[C@H](CC(=O)[C@H](Cc1ccc(O)cc1)NC(=O)CCCCCN1C(=O)CCC1=O)C(=O)N[C@@H](C)C(=O)C[C@@H](CC(=O)O)C(=O)Nc1ccc(COC(=O)N2C(=O)C=C[C@]3(C)[C@H]4CC[C@]5(C)[C@@H](C(=O)CC(C)(C)C)CC[C@H]5[C@@H]4CC[C@@H]23)cc1. The highest BCUT2D eigenvalue weighted by Crippen LogP contribution is 2.66. The fourth-order valence-electron chi connectivity index (χ4n) is 14.3. The number of Topliss-reactive ketones (excluding diaryl/α,β-unsaturated/α-hetero) is 3. The molecule has 19 nitrogen and oxygen atoms in total. The molecule has 7 amide bonds. The monoisotopic (exact) mass is 1160 g/mol. The fourth-order valence-corrected chi connectivity index (χ4v) is 14.3. The first-order valence-corrected chi connectivity index (χ1v) is 30.2. The second-order valence-corrected chi connectivity index (χ2v) is 26.5. The van der Waals surface area contributed by atoms with Crippen molar-refractivity contribution in [2.45, 2.75) is 189 Å². The fraction of sp³-hybridized carbons (Fsp3) is 0.615. The number of phenolic OH excluding ortho intramolecular Hbond substituents is 1. The van der Waals surface area contributed by atoms with Gasteiger partial charge in [0.2, 0.25) is 29.5 Å². The van der Waals surface area contributed by atoms with Crippen LogP contribution in [-0.4, -0.2) is 110 Å². The summed E-state index contributed by atoms with van der Waals surface area (Å²) in [5, 5.41) is 27.8. The Balaban J connectivity index is 0.899. The zero-order chi connectivity index (χ0) is 61.4. The topological polar surface area (TPSA) is 280 Å². The maximum atomic E-state index is 14.0. The molecular weight excluding hydrogens is 1070 g/mol. The van der Waals surface area contributed by atoms with E-state index in [-0.39, 0.29) is 91.2 Å². The van der Waals surface area contributed by atoms with Gasteiger partial charge in [0.05, 0.1) is 30.5 Å². The molecule has 2 heterocycles. The number of benzene rings is 2. The second-order valence-electron chi connectivity index (χ2n) is 26.5. The lowest BCUT2D eigenvalue weighted by Crippen LogP contribution is -2.62. The van der Waals surface area contributed by atoms with Gasteiger partial charge in [-0.25, -0.2) is 9.69 Å². The summed E-state index contributed by atoms with van der Waals surface area (Å²) < 4.78 is 5.78. The number of amides is 7. The number of imide groups is 2.